The van der Waals surface area contributed by atoms with Crippen molar-refractivity contribution in [3.8, 4) is 0 Å². The predicted molar refractivity (Wildman–Crippen MR) is 84.5 cm³/mol. The summed E-state index contributed by atoms with van der Waals surface area (Å²) in [5.74, 6) is 1.85. The number of anilines is 1. The van der Waals surface area contributed by atoms with E-state index in [2.05, 4.69) is 44.2 Å². The van der Waals surface area contributed by atoms with Crippen LogP contribution in [-0.2, 0) is 5.75 Å². The number of halogens is 1. The predicted octanol–water partition coefficient (Wildman–Crippen LogP) is 4.35. The summed E-state index contributed by atoms with van der Waals surface area (Å²) in [4.78, 5) is 8.75. The fourth-order valence-electron chi connectivity index (χ4n) is 1.56. The van der Waals surface area contributed by atoms with Crippen LogP contribution in [0.25, 0.3) is 0 Å². The minimum absolute atomic E-state index is 0.870. The fourth-order valence-corrected chi connectivity index (χ4v) is 2.62. The summed E-state index contributed by atoms with van der Waals surface area (Å²) in [5.41, 5.74) is 1.21. The summed E-state index contributed by atoms with van der Waals surface area (Å²) in [6, 6.07) is 8.11. The van der Waals surface area contributed by atoms with Crippen molar-refractivity contribution in [2.24, 2.45) is 0 Å². The van der Waals surface area contributed by atoms with E-state index in [1.54, 1.807) is 11.8 Å². The van der Waals surface area contributed by atoms with Gasteiger partial charge in [-0.3, -0.25) is 0 Å². The van der Waals surface area contributed by atoms with Gasteiger partial charge in [0.2, 0.25) is 0 Å². The Morgan fingerprint density at radius 3 is 2.89 bits per heavy atom. The molecule has 0 fully saturated rings. The van der Waals surface area contributed by atoms with Gasteiger partial charge in [0, 0.05) is 34.7 Å². The van der Waals surface area contributed by atoms with Gasteiger partial charge in [0.15, 0.2) is 0 Å². The molecule has 2 aromatic heterocycles. The molecule has 1 N–H and O–H groups in total. The number of hydrogen-bond donors (Lipinski definition) is 1. The highest BCUT2D eigenvalue weighted by atomic mass is 79.9. The highest BCUT2D eigenvalue weighted by Crippen LogP contribution is 2.24. The van der Waals surface area contributed by atoms with E-state index in [0.717, 1.165) is 34.0 Å². The molecule has 0 saturated heterocycles. The quantitative estimate of drug-likeness (QED) is 0.795. The molecular weight excluding hydrogens is 322 g/mol. The molecule has 2 rings (SSSR count). The summed E-state index contributed by atoms with van der Waals surface area (Å²) >= 11 is 5.11. The van der Waals surface area contributed by atoms with E-state index in [9.17, 15) is 0 Å². The number of nitrogens with zero attached hydrogens (tertiary/aromatic N) is 2. The van der Waals surface area contributed by atoms with E-state index in [1.165, 1.54) is 5.56 Å². The number of rotatable bonds is 6. The van der Waals surface area contributed by atoms with E-state index >= 15 is 0 Å². The molecule has 0 saturated carbocycles. The molecule has 0 radical (unpaired) electrons. The molecule has 0 aliphatic heterocycles. The lowest BCUT2D eigenvalue weighted by molar-refractivity contribution is 0.965. The number of pyridine rings is 2. The van der Waals surface area contributed by atoms with Crippen molar-refractivity contribution < 1.29 is 0 Å². The van der Waals surface area contributed by atoms with Gasteiger partial charge in [-0.1, -0.05) is 13.0 Å². The van der Waals surface area contributed by atoms with Crippen molar-refractivity contribution in [3.63, 3.8) is 0 Å². The third-order valence-electron chi connectivity index (χ3n) is 2.51. The topological polar surface area (TPSA) is 37.8 Å². The van der Waals surface area contributed by atoms with E-state index in [1.807, 2.05) is 30.6 Å². The Hall–Kier alpha value is -1.07. The summed E-state index contributed by atoms with van der Waals surface area (Å²) in [6.45, 7) is 3.10. The smallest absolute Gasteiger partial charge is 0.129 e. The maximum Gasteiger partial charge on any atom is 0.129 e. The van der Waals surface area contributed by atoms with Crippen LogP contribution < -0.4 is 5.32 Å². The van der Waals surface area contributed by atoms with Crippen LogP contribution in [0, 0.1) is 0 Å². The highest BCUT2D eigenvalue weighted by Gasteiger charge is 2.04. The molecule has 0 bridgehead atoms. The number of aromatic nitrogens is 2. The van der Waals surface area contributed by atoms with Gasteiger partial charge in [-0.05, 0) is 40.5 Å². The van der Waals surface area contributed by atoms with Gasteiger partial charge in [0.05, 0.1) is 5.03 Å². The summed E-state index contributed by atoms with van der Waals surface area (Å²) < 4.78 is 1.00. The second-order valence-electron chi connectivity index (χ2n) is 4.04. The maximum absolute atomic E-state index is 4.39. The third-order valence-corrected chi connectivity index (χ3v) is 3.97. The van der Waals surface area contributed by atoms with Crippen LogP contribution in [0.5, 0.6) is 0 Å². The highest BCUT2D eigenvalue weighted by molar-refractivity contribution is 9.10. The molecule has 0 unspecified atom stereocenters. The first-order valence-electron chi connectivity index (χ1n) is 6.21. The molecule has 0 aromatic carbocycles. The number of hydrogen-bond acceptors (Lipinski definition) is 4. The van der Waals surface area contributed by atoms with Gasteiger partial charge in [-0.2, -0.15) is 0 Å². The average Bonchev–Trinajstić information content (AvgIpc) is 2.45. The van der Waals surface area contributed by atoms with Crippen molar-refractivity contribution in [2.45, 2.75) is 24.1 Å². The van der Waals surface area contributed by atoms with Crippen molar-refractivity contribution in [1.82, 2.24) is 9.97 Å². The van der Waals surface area contributed by atoms with Gasteiger partial charge in [0.25, 0.3) is 0 Å². The number of thioether (sulfide) groups is 1. The van der Waals surface area contributed by atoms with Crippen molar-refractivity contribution in [2.75, 3.05) is 11.9 Å². The zero-order chi connectivity index (χ0) is 13.5. The molecule has 0 aliphatic carbocycles. The van der Waals surface area contributed by atoms with E-state index in [0.29, 0.717) is 0 Å². The minimum Gasteiger partial charge on any atom is -0.370 e. The van der Waals surface area contributed by atoms with Gasteiger partial charge < -0.3 is 5.32 Å². The third kappa shape index (κ3) is 4.51. The molecule has 3 nitrogen and oxygen atoms in total. The second kappa shape index (κ2) is 7.50. The Bertz CT molecular complexity index is 516. The lowest BCUT2D eigenvalue weighted by atomic mass is 10.3. The molecule has 2 heterocycles. The first-order chi connectivity index (χ1) is 9.29. The normalized spacial score (nSPS) is 10.4. The van der Waals surface area contributed by atoms with Gasteiger partial charge in [-0.25, -0.2) is 9.97 Å². The van der Waals surface area contributed by atoms with Gasteiger partial charge >= 0.3 is 0 Å². The summed E-state index contributed by atoms with van der Waals surface area (Å²) in [7, 11) is 0. The lowest BCUT2D eigenvalue weighted by Crippen LogP contribution is -2.04. The van der Waals surface area contributed by atoms with Crippen LogP contribution in [0.4, 0.5) is 5.82 Å². The fraction of sp³-hybridized carbons (Fsp3) is 0.286. The van der Waals surface area contributed by atoms with Crippen LogP contribution in [0.15, 0.2) is 46.2 Å². The average molecular weight is 338 g/mol. The van der Waals surface area contributed by atoms with Crippen LogP contribution >= 0.6 is 27.7 Å². The first-order valence-corrected chi connectivity index (χ1v) is 7.99. The molecule has 0 atom stereocenters. The largest absolute Gasteiger partial charge is 0.370 e. The Kier molecular flexibility index (Phi) is 5.66. The second-order valence-corrected chi connectivity index (χ2v) is 5.95. The van der Waals surface area contributed by atoms with Crippen LogP contribution in [0.1, 0.15) is 18.9 Å². The Morgan fingerprint density at radius 2 is 2.16 bits per heavy atom. The van der Waals surface area contributed by atoms with Gasteiger partial charge in [0.1, 0.15) is 5.82 Å². The SMILES string of the molecule is CCCNc1ncccc1CSc1ccc(Br)cn1. The standard InChI is InChI=1S/C14H16BrN3S/c1-2-7-16-14-11(4-3-8-17-14)10-19-13-6-5-12(15)9-18-13/h3-6,8-9H,2,7,10H2,1H3,(H,16,17). The molecule has 100 valence electrons. The van der Waals surface area contributed by atoms with Crippen LogP contribution in [-0.4, -0.2) is 16.5 Å². The van der Waals surface area contributed by atoms with E-state index in [4.69, 9.17) is 0 Å². The van der Waals surface area contributed by atoms with E-state index < -0.39 is 0 Å². The summed E-state index contributed by atoms with van der Waals surface area (Å²) in [6.07, 6.45) is 4.74. The Morgan fingerprint density at radius 1 is 1.26 bits per heavy atom. The Balaban J connectivity index is 2.00. The number of nitrogens with one attached hydrogen (secondary N) is 1. The molecule has 2 aromatic rings. The lowest BCUT2D eigenvalue weighted by Gasteiger charge is -2.09. The Labute approximate surface area is 126 Å². The monoisotopic (exact) mass is 337 g/mol. The first kappa shape index (κ1) is 14.3. The van der Waals surface area contributed by atoms with E-state index in [-0.39, 0.29) is 0 Å². The van der Waals surface area contributed by atoms with Crippen molar-refractivity contribution in [3.05, 3.63) is 46.7 Å². The van der Waals surface area contributed by atoms with Crippen LogP contribution in [0.3, 0.4) is 0 Å². The molecule has 19 heavy (non-hydrogen) atoms. The zero-order valence-electron chi connectivity index (χ0n) is 10.8. The van der Waals surface area contributed by atoms with Crippen molar-refractivity contribution >= 4 is 33.5 Å². The molecular formula is C14H16BrN3S. The molecule has 0 aliphatic rings. The summed E-state index contributed by atoms with van der Waals surface area (Å²) in [5, 5.41) is 4.38. The van der Waals surface area contributed by atoms with Gasteiger partial charge in [-0.15, -0.1) is 11.8 Å². The van der Waals surface area contributed by atoms with Crippen LogP contribution in [0.2, 0.25) is 0 Å². The minimum atomic E-state index is 0.870. The molecule has 0 spiro atoms. The van der Waals surface area contributed by atoms with Crippen molar-refractivity contribution in [1.29, 1.82) is 0 Å². The zero-order valence-corrected chi connectivity index (χ0v) is 13.2. The molecule has 5 heteroatoms. The maximum atomic E-state index is 4.39. The molecule has 0 amide bonds.